The third-order valence-electron chi connectivity index (χ3n) is 5.14. The standard InChI is InChI=1S/C29H18N4O/c30-19-23-15-17-32-27(25(23)13-11-21-7-3-1-4-8-21)29(34)28-26(24(20-31)16-18-33-28)14-12-22-9-5-2-6-10-22/h1-18H. The highest BCUT2D eigenvalue weighted by molar-refractivity contribution is 6.11. The second kappa shape index (κ2) is 10.5. The van der Waals surface area contributed by atoms with Crippen LogP contribution >= 0.6 is 0 Å². The Bertz CT molecular complexity index is 1360. The van der Waals surface area contributed by atoms with Gasteiger partial charge in [-0.3, -0.25) is 14.8 Å². The SMILES string of the molecule is N#Cc1ccnc(C(=O)c2nccc(C#N)c2C=Cc2ccccc2)c1C=Cc1ccccc1. The van der Waals surface area contributed by atoms with Crippen molar-refractivity contribution in [2.75, 3.05) is 0 Å². The highest BCUT2D eigenvalue weighted by atomic mass is 16.1. The van der Waals surface area contributed by atoms with Crippen LogP contribution in [0.3, 0.4) is 0 Å². The molecule has 5 nitrogen and oxygen atoms in total. The summed E-state index contributed by atoms with van der Waals surface area (Å²) in [5.41, 5.74) is 3.49. The third-order valence-corrected chi connectivity index (χ3v) is 5.14. The van der Waals surface area contributed by atoms with Gasteiger partial charge in [0.25, 0.3) is 0 Å². The van der Waals surface area contributed by atoms with Crippen molar-refractivity contribution in [2.24, 2.45) is 0 Å². The van der Waals surface area contributed by atoms with Gasteiger partial charge in [0, 0.05) is 23.5 Å². The quantitative estimate of drug-likeness (QED) is 0.355. The number of benzene rings is 2. The number of nitriles is 2. The average Bonchev–Trinajstić information content (AvgIpc) is 2.91. The molecule has 0 aliphatic rings. The Hall–Kier alpha value is -5.13. The van der Waals surface area contributed by atoms with Crippen molar-refractivity contribution in [3.63, 3.8) is 0 Å². The summed E-state index contributed by atoms with van der Waals surface area (Å²) in [5, 5.41) is 19.3. The average molecular weight is 438 g/mol. The van der Waals surface area contributed by atoms with Crippen molar-refractivity contribution < 1.29 is 4.79 Å². The molecule has 4 rings (SSSR count). The molecule has 0 unspecified atom stereocenters. The van der Waals surface area contributed by atoms with E-state index in [-0.39, 0.29) is 11.4 Å². The first-order valence-electron chi connectivity index (χ1n) is 10.5. The molecular weight excluding hydrogens is 420 g/mol. The summed E-state index contributed by atoms with van der Waals surface area (Å²) < 4.78 is 0. The van der Waals surface area contributed by atoms with Gasteiger partial charge in [0.1, 0.15) is 11.4 Å². The smallest absolute Gasteiger partial charge is 0.230 e. The molecule has 0 saturated heterocycles. The molecule has 34 heavy (non-hydrogen) atoms. The summed E-state index contributed by atoms with van der Waals surface area (Å²) >= 11 is 0. The lowest BCUT2D eigenvalue weighted by Crippen LogP contribution is -2.12. The first-order chi connectivity index (χ1) is 16.7. The van der Waals surface area contributed by atoms with Crippen LogP contribution in [0.15, 0.2) is 85.2 Å². The van der Waals surface area contributed by atoms with Crippen LogP contribution in [0.1, 0.15) is 49.6 Å². The van der Waals surface area contributed by atoms with Gasteiger partial charge in [-0.2, -0.15) is 10.5 Å². The maximum Gasteiger partial charge on any atom is 0.230 e. The number of carbonyl (C=O) groups excluding carboxylic acids is 1. The summed E-state index contributed by atoms with van der Waals surface area (Å²) in [6, 6.07) is 26.5. The molecular formula is C29H18N4O. The van der Waals surface area contributed by atoms with Gasteiger partial charge in [-0.05, 0) is 23.3 Å². The molecule has 0 saturated carbocycles. The summed E-state index contributed by atoms with van der Waals surface area (Å²) in [5.74, 6) is -0.463. The van der Waals surface area contributed by atoms with Gasteiger partial charge in [0.05, 0.1) is 23.3 Å². The van der Waals surface area contributed by atoms with Crippen molar-refractivity contribution >= 4 is 30.1 Å². The predicted octanol–water partition coefficient (Wildman–Crippen LogP) is 5.79. The molecule has 2 heterocycles. The van der Waals surface area contributed by atoms with Crippen LogP contribution in [0.4, 0.5) is 0 Å². The van der Waals surface area contributed by atoms with Gasteiger partial charge >= 0.3 is 0 Å². The van der Waals surface area contributed by atoms with E-state index in [4.69, 9.17) is 0 Å². The molecule has 0 spiro atoms. The zero-order valence-electron chi connectivity index (χ0n) is 18.1. The predicted molar refractivity (Wildman–Crippen MR) is 132 cm³/mol. The van der Waals surface area contributed by atoms with E-state index in [0.29, 0.717) is 22.3 Å². The van der Waals surface area contributed by atoms with Crippen LogP contribution in [0, 0.1) is 22.7 Å². The molecule has 0 aliphatic heterocycles. The first-order valence-corrected chi connectivity index (χ1v) is 10.5. The van der Waals surface area contributed by atoms with Crippen LogP contribution in [0.2, 0.25) is 0 Å². The van der Waals surface area contributed by atoms with Crippen LogP contribution < -0.4 is 0 Å². The Kier molecular flexibility index (Phi) is 6.79. The zero-order chi connectivity index (χ0) is 23.8. The molecule has 0 bridgehead atoms. The number of nitrogens with zero attached hydrogens (tertiary/aromatic N) is 4. The highest BCUT2D eigenvalue weighted by Crippen LogP contribution is 2.23. The number of hydrogen-bond donors (Lipinski definition) is 0. The van der Waals surface area contributed by atoms with Crippen molar-refractivity contribution in [3.8, 4) is 12.1 Å². The molecule has 2 aromatic heterocycles. The zero-order valence-corrected chi connectivity index (χ0v) is 18.1. The first kappa shape index (κ1) is 22.1. The summed E-state index contributed by atoms with van der Waals surface area (Å²) in [6.07, 6.45) is 9.93. The monoisotopic (exact) mass is 438 g/mol. The fourth-order valence-corrected chi connectivity index (χ4v) is 3.44. The summed E-state index contributed by atoms with van der Waals surface area (Å²) in [7, 11) is 0. The third kappa shape index (κ3) is 4.85. The van der Waals surface area contributed by atoms with Gasteiger partial charge in [-0.25, -0.2) is 0 Å². The fraction of sp³-hybridized carbons (Fsp3) is 0. The van der Waals surface area contributed by atoms with Crippen molar-refractivity contribution in [3.05, 3.63) is 130 Å². The van der Waals surface area contributed by atoms with E-state index in [1.807, 2.05) is 72.8 Å². The van der Waals surface area contributed by atoms with Crippen molar-refractivity contribution in [2.45, 2.75) is 0 Å². The van der Waals surface area contributed by atoms with Gasteiger partial charge < -0.3 is 0 Å². The summed E-state index contributed by atoms with van der Waals surface area (Å²) in [6.45, 7) is 0. The Morgan fingerprint density at radius 2 is 1.03 bits per heavy atom. The number of rotatable bonds is 6. The van der Waals surface area contributed by atoms with Gasteiger partial charge in [-0.1, -0.05) is 85.0 Å². The minimum atomic E-state index is -0.463. The van der Waals surface area contributed by atoms with E-state index < -0.39 is 5.78 Å². The molecule has 0 fully saturated rings. The normalized spacial score (nSPS) is 10.8. The lowest BCUT2D eigenvalue weighted by atomic mass is 9.97. The second-order valence-corrected chi connectivity index (χ2v) is 7.28. The summed E-state index contributed by atoms with van der Waals surface area (Å²) in [4.78, 5) is 22.2. The highest BCUT2D eigenvalue weighted by Gasteiger charge is 2.22. The van der Waals surface area contributed by atoms with Crippen LogP contribution in [-0.2, 0) is 0 Å². The van der Waals surface area contributed by atoms with Gasteiger partial charge in [-0.15, -0.1) is 0 Å². The maximum absolute atomic E-state index is 13.6. The molecule has 0 amide bonds. The van der Waals surface area contributed by atoms with Crippen molar-refractivity contribution in [1.82, 2.24) is 9.97 Å². The molecule has 160 valence electrons. The molecule has 0 aliphatic carbocycles. The second-order valence-electron chi connectivity index (χ2n) is 7.28. The number of carbonyl (C=O) groups is 1. The number of aromatic nitrogens is 2. The van der Waals surface area contributed by atoms with Crippen LogP contribution in [-0.4, -0.2) is 15.8 Å². The molecule has 4 aromatic rings. The minimum Gasteiger partial charge on any atom is -0.285 e. The Morgan fingerprint density at radius 3 is 1.41 bits per heavy atom. The van der Waals surface area contributed by atoms with E-state index in [1.54, 1.807) is 24.3 Å². The maximum atomic E-state index is 13.6. The number of ketones is 1. The lowest BCUT2D eigenvalue weighted by Gasteiger charge is -2.09. The molecule has 2 aromatic carbocycles. The number of hydrogen-bond acceptors (Lipinski definition) is 5. The van der Waals surface area contributed by atoms with Crippen molar-refractivity contribution in [1.29, 1.82) is 10.5 Å². The van der Waals surface area contributed by atoms with Crippen LogP contribution in [0.5, 0.6) is 0 Å². The number of pyridine rings is 2. The van der Waals surface area contributed by atoms with E-state index >= 15 is 0 Å². The Balaban J connectivity index is 1.81. The lowest BCUT2D eigenvalue weighted by molar-refractivity contribution is 0.102. The molecule has 0 N–H and O–H groups in total. The van der Waals surface area contributed by atoms with Gasteiger partial charge in [0.2, 0.25) is 5.78 Å². The van der Waals surface area contributed by atoms with Gasteiger partial charge in [0.15, 0.2) is 0 Å². The fourth-order valence-electron chi connectivity index (χ4n) is 3.44. The van der Waals surface area contributed by atoms with Crippen LogP contribution in [0.25, 0.3) is 24.3 Å². The minimum absolute atomic E-state index is 0.100. The largest absolute Gasteiger partial charge is 0.285 e. The molecule has 0 radical (unpaired) electrons. The Morgan fingerprint density at radius 1 is 0.618 bits per heavy atom. The topological polar surface area (TPSA) is 90.4 Å². The van der Waals surface area contributed by atoms with E-state index in [0.717, 1.165) is 11.1 Å². The van der Waals surface area contributed by atoms with E-state index in [9.17, 15) is 15.3 Å². The molecule has 5 heteroatoms. The van der Waals surface area contributed by atoms with E-state index in [1.165, 1.54) is 12.4 Å². The van der Waals surface area contributed by atoms with E-state index in [2.05, 4.69) is 22.1 Å². The Labute approximate surface area is 197 Å². The molecule has 0 atom stereocenters.